The first kappa shape index (κ1) is 15.4. The van der Waals surface area contributed by atoms with Gasteiger partial charge in [-0.1, -0.05) is 18.2 Å². The molecule has 2 aromatic heterocycles. The Balaban J connectivity index is 1.66. The summed E-state index contributed by atoms with van der Waals surface area (Å²) in [5.41, 5.74) is 3.53. The number of hydrogen-bond acceptors (Lipinski definition) is 3. The summed E-state index contributed by atoms with van der Waals surface area (Å²) in [7, 11) is 0. The van der Waals surface area contributed by atoms with E-state index in [1.165, 1.54) is 16.5 Å². The number of carbonyl (C=O) groups excluding carboxylic acids is 1. The van der Waals surface area contributed by atoms with Gasteiger partial charge in [-0.15, -0.1) is 0 Å². The number of hydrogen-bond donors (Lipinski definition) is 1. The number of thiophene rings is 1. The van der Waals surface area contributed by atoms with Crippen LogP contribution in [0.3, 0.4) is 0 Å². The molecule has 1 aliphatic rings. The lowest BCUT2D eigenvalue weighted by atomic mass is 9.89. The summed E-state index contributed by atoms with van der Waals surface area (Å²) in [4.78, 5) is 18.1. The summed E-state index contributed by atoms with van der Waals surface area (Å²) in [5, 5.41) is 5.43. The molecule has 1 amide bonds. The van der Waals surface area contributed by atoms with Crippen LogP contribution in [0, 0.1) is 0 Å². The fourth-order valence-electron chi connectivity index (χ4n) is 3.38. The van der Waals surface area contributed by atoms with Gasteiger partial charge in [0.1, 0.15) is 0 Å². The van der Waals surface area contributed by atoms with Crippen LogP contribution in [0.4, 0.5) is 0 Å². The van der Waals surface area contributed by atoms with E-state index in [1.54, 1.807) is 11.3 Å². The smallest absolute Gasteiger partial charge is 0.223 e. The lowest BCUT2D eigenvalue weighted by molar-refractivity contribution is -0.135. The van der Waals surface area contributed by atoms with Crippen LogP contribution in [0.15, 0.2) is 47.3 Å². The molecule has 3 aromatic rings. The van der Waals surface area contributed by atoms with Gasteiger partial charge in [-0.25, -0.2) is 0 Å². The first-order valence-electron chi connectivity index (χ1n) is 8.26. The van der Waals surface area contributed by atoms with Crippen LogP contribution >= 0.6 is 11.3 Å². The fraction of sp³-hybridized carbons (Fsp3) is 0.316. The average Bonchev–Trinajstić information content (AvgIpc) is 3.30. The second kappa shape index (κ2) is 6.79. The molecule has 0 saturated carbocycles. The van der Waals surface area contributed by atoms with Crippen molar-refractivity contribution in [2.45, 2.75) is 12.3 Å². The molecule has 0 spiro atoms. The highest BCUT2D eigenvalue weighted by Gasteiger charge is 2.25. The van der Waals surface area contributed by atoms with Gasteiger partial charge in [0, 0.05) is 42.5 Å². The first-order chi connectivity index (χ1) is 11.8. The zero-order valence-corrected chi connectivity index (χ0v) is 14.2. The van der Waals surface area contributed by atoms with E-state index in [4.69, 9.17) is 4.74 Å². The standard InChI is InChI=1S/C19H20N2O2S/c22-19(21-6-8-23-9-7-21)11-16(14-5-10-24-13-14)17-12-20-18-4-2-1-3-15(17)18/h1-5,10,12-13,16,20H,6-9,11H2. The minimum atomic E-state index is 0.0859. The molecule has 1 unspecified atom stereocenters. The number of nitrogens with one attached hydrogen (secondary N) is 1. The summed E-state index contributed by atoms with van der Waals surface area (Å²) in [6.07, 6.45) is 2.55. The number of H-pyrrole nitrogens is 1. The van der Waals surface area contributed by atoms with Crippen molar-refractivity contribution in [1.82, 2.24) is 9.88 Å². The molecule has 1 saturated heterocycles. The van der Waals surface area contributed by atoms with E-state index < -0.39 is 0 Å². The Morgan fingerprint density at radius 1 is 1.25 bits per heavy atom. The molecule has 5 heteroatoms. The van der Waals surface area contributed by atoms with E-state index in [9.17, 15) is 4.79 Å². The third-order valence-corrected chi connectivity index (χ3v) is 5.39. The number of morpholine rings is 1. The van der Waals surface area contributed by atoms with Crippen molar-refractivity contribution in [3.63, 3.8) is 0 Å². The summed E-state index contributed by atoms with van der Waals surface area (Å²) < 4.78 is 5.36. The molecule has 0 bridgehead atoms. The van der Waals surface area contributed by atoms with Crippen LogP contribution in [0.2, 0.25) is 0 Å². The number of amides is 1. The summed E-state index contributed by atoms with van der Waals surface area (Å²) in [6, 6.07) is 10.4. The van der Waals surface area contributed by atoms with E-state index in [1.807, 2.05) is 17.0 Å². The van der Waals surface area contributed by atoms with Crippen molar-refractivity contribution in [3.05, 3.63) is 58.4 Å². The van der Waals surface area contributed by atoms with E-state index in [2.05, 4.69) is 40.1 Å². The molecular weight excluding hydrogens is 320 g/mol. The maximum Gasteiger partial charge on any atom is 0.223 e. The lowest BCUT2D eigenvalue weighted by Crippen LogP contribution is -2.41. The van der Waals surface area contributed by atoms with E-state index in [0.29, 0.717) is 32.7 Å². The second-order valence-corrected chi connectivity index (χ2v) is 6.88. The highest BCUT2D eigenvalue weighted by Crippen LogP contribution is 2.34. The maximum atomic E-state index is 12.8. The van der Waals surface area contributed by atoms with Gasteiger partial charge in [0.2, 0.25) is 5.91 Å². The largest absolute Gasteiger partial charge is 0.378 e. The first-order valence-corrected chi connectivity index (χ1v) is 9.21. The maximum absolute atomic E-state index is 12.8. The fourth-order valence-corrected chi connectivity index (χ4v) is 4.09. The number of nitrogens with zero attached hydrogens (tertiary/aromatic N) is 1. The average molecular weight is 340 g/mol. The molecule has 1 fully saturated rings. The third-order valence-electron chi connectivity index (χ3n) is 4.68. The summed E-state index contributed by atoms with van der Waals surface area (Å²) >= 11 is 1.68. The number of rotatable bonds is 4. The van der Waals surface area contributed by atoms with Gasteiger partial charge < -0.3 is 14.6 Å². The van der Waals surface area contributed by atoms with Crippen molar-refractivity contribution in [2.75, 3.05) is 26.3 Å². The minimum absolute atomic E-state index is 0.0859. The highest BCUT2D eigenvalue weighted by molar-refractivity contribution is 7.08. The summed E-state index contributed by atoms with van der Waals surface area (Å²) in [5.74, 6) is 0.294. The monoisotopic (exact) mass is 340 g/mol. The van der Waals surface area contributed by atoms with Crippen LogP contribution in [0.1, 0.15) is 23.5 Å². The Kier molecular flexibility index (Phi) is 4.36. The molecule has 0 aliphatic carbocycles. The van der Waals surface area contributed by atoms with Crippen LogP contribution in [0.25, 0.3) is 10.9 Å². The van der Waals surface area contributed by atoms with Crippen molar-refractivity contribution < 1.29 is 9.53 Å². The Hall–Kier alpha value is -2.11. The molecule has 0 radical (unpaired) electrons. The van der Waals surface area contributed by atoms with Gasteiger partial charge in [0.15, 0.2) is 0 Å². The SMILES string of the molecule is O=C(CC(c1ccsc1)c1c[nH]c2ccccc12)N1CCOCC1. The normalized spacial score (nSPS) is 16.4. The number of fused-ring (bicyclic) bond motifs is 1. The molecule has 1 aliphatic heterocycles. The third kappa shape index (κ3) is 2.97. The van der Waals surface area contributed by atoms with E-state index >= 15 is 0 Å². The van der Waals surface area contributed by atoms with Crippen LogP contribution in [0.5, 0.6) is 0 Å². The zero-order valence-electron chi connectivity index (χ0n) is 13.4. The van der Waals surface area contributed by atoms with Crippen molar-refractivity contribution >= 4 is 28.1 Å². The van der Waals surface area contributed by atoms with E-state index in [-0.39, 0.29) is 11.8 Å². The molecule has 3 heterocycles. The molecule has 4 rings (SSSR count). The number of aromatic nitrogens is 1. The van der Waals surface area contributed by atoms with Crippen molar-refractivity contribution in [3.8, 4) is 0 Å². The molecule has 1 N–H and O–H groups in total. The van der Waals surface area contributed by atoms with Gasteiger partial charge in [-0.3, -0.25) is 4.79 Å². The predicted molar refractivity (Wildman–Crippen MR) is 96.5 cm³/mol. The number of carbonyl (C=O) groups is 1. The van der Waals surface area contributed by atoms with Crippen LogP contribution in [-0.2, 0) is 9.53 Å². The summed E-state index contributed by atoms with van der Waals surface area (Å²) in [6.45, 7) is 2.68. The van der Waals surface area contributed by atoms with Crippen molar-refractivity contribution in [2.24, 2.45) is 0 Å². The molecule has 1 aromatic carbocycles. The Bertz CT molecular complexity index is 819. The molecular formula is C19H20N2O2S. The van der Waals surface area contributed by atoms with Crippen LogP contribution in [-0.4, -0.2) is 42.1 Å². The topological polar surface area (TPSA) is 45.3 Å². The second-order valence-electron chi connectivity index (χ2n) is 6.10. The predicted octanol–water partition coefficient (Wildman–Crippen LogP) is 3.61. The Morgan fingerprint density at radius 2 is 2.08 bits per heavy atom. The van der Waals surface area contributed by atoms with Gasteiger partial charge in [0.05, 0.1) is 13.2 Å². The van der Waals surface area contributed by atoms with E-state index in [0.717, 1.165) is 5.52 Å². The van der Waals surface area contributed by atoms with Gasteiger partial charge in [-0.2, -0.15) is 11.3 Å². The van der Waals surface area contributed by atoms with Gasteiger partial charge in [-0.05, 0) is 34.0 Å². The number of benzene rings is 1. The molecule has 1 atom stereocenters. The number of ether oxygens (including phenoxy) is 1. The molecule has 4 nitrogen and oxygen atoms in total. The van der Waals surface area contributed by atoms with Crippen molar-refractivity contribution in [1.29, 1.82) is 0 Å². The van der Waals surface area contributed by atoms with Gasteiger partial charge >= 0.3 is 0 Å². The zero-order chi connectivity index (χ0) is 16.4. The quantitative estimate of drug-likeness (QED) is 0.788. The number of para-hydroxylation sites is 1. The molecule has 24 heavy (non-hydrogen) atoms. The lowest BCUT2D eigenvalue weighted by Gasteiger charge is -2.28. The molecule has 124 valence electrons. The minimum Gasteiger partial charge on any atom is -0.378 e. The Morgan fingerprint density at radius 3 is 2.88 bits per heavy atom. The number of aromatic amines is 1. The Labute approximate surface area is 145 Å². The van der Waals surface area contributed by atoms with Crippen LogP contribution < -0.4 is 0 Å². The highest BCUT2D eigenvalue weighted by atomic mass is 32.1. The van der Waals surface area contributed by atoms with Gasteiger partial charge in [0.25, 0.3) is 0 Å².